The molecular weight excluding hydrogens is 236 g/mol. The van der Waals surface area contributed by atoms with Crippen LogP contribution in [0.2, 0.25) is 0 Å². The fourth-order valence-corrected chi connectivity index (χ4v) is 2.11. The molecule has 0 aliphatic heterocycles. The van der Waals surface area contributed by atoms with Gasteiger partial charge in [0.2, 0.25) is 0 Å². The number of carbonyl (C=O) groups is 2. The number of primary amides is 1. The Labute approximate surface area is 102 Å². The van der Waals surface area contributed by atoms with E-state index in [0.717, 1.165) is 10.4 Å². The molecule has 1 aromatic carbocycles. The van der Waals surface area contributed by atoms with Crippen LogP contribution in [0.15, 0.2) is 41.8 Å². The van der Waals surface area contributed by atoms with Gasteiger partial charge in [-0.05, 0) is 29.1 Å². The summed E-state index contributed by atoms with van der Waals surface area (Å²) in [5.74, 6) is -1.81. The van der Waals surface area contributed by atoms with E-state index >= 15 is 0 Å². The Morgan fingerprint density at radius 1 is 1.18 bits per heavy atom. The molecule has 17 heavy (non-hydrogen) atoms. The molecule has 0 bridgehead atoms. The van der Waals surface area contributed by atoms with Crippen LogP contribution in [0.25, 0.3) is 10.4 Å². The van der Waals surface area contributed by atoms with Crippen LogP contribution >= 0.6 is 11.3 Å². The summed E-state index contributed by atoms with van der Waals surface area (Å²) in [4.78, 5) is 22.9. The third-order valence-electron chi connectivity index (χ3n) is 2.15. The Kier molecular flexibility index (Phi) is 3.20. The van der Waals surface area contributed by atoms with Gasteiger partial charge in [-0.25, -0.2) is 0 Å². The van der Waals surface area contributed by atoms with E-state index in [1.165, 1.54) is 0 Å². The first-order valence-electron chi connectivity index (χ1n) is 4.91. The van der Waals surface area contributed by atoms with Gasteiger partial charge in [0.1, 0.15) is 0 Å². The number of anilines is 1. The quantitative estimate of drug-likeness (QED) is 0.793. The topological polar surface area (TPSA) is 72.2 Å². The maximum atomic E-state index is 11.1. The minimum Gasteiger partial charge on any atom is -0.361 e. The van der Waals surface area contributed by atoms with Crippen molar-refractivity contribution in [1.29, 1.82) is 0 Å². The van der Waals surface area contributed by atoms with Crippen molar-refractivity contribution in [2.75, 3.05) is 5.32 Å². The summed E-state index contributed by atoms with van der Waals surface area (Å²) in [6.45, 7) is 0. The first kappa shape index (κ1) is 11.3. The van der Waals surface area contributed by atoms with Gasteiger partial charge >= 0.3 is 11.8 Å². The maximum Gasteiger partial charge on any atom is 0.313 e. The number of rotatable bonds is 2. The van der Waals surface area contributed by atoms with E-state index in [0.29, 0.717) is 5.69 Å². The minimum atomic E-state index is -0.994. The van der Waals surface area contributed by atoms with Crippen molar-refractivity contribution >= 4 is 28.8 Å². The molecule has 2 amide bonds. The fourth-order valence-electron chi connectivity index (χ4n) is 1.39. The van der Waals surface area contributed by atoms with E-state index in [-0.39, 0.29) is 0 Å². The van der Waals surface area contributed by atoms with Crippen LogP contribution in [-0.2, 0) is 9.59 Å². The Morgan fingerprint density at radius 3 is 2.65 bits per heavy atom. The summed E-state index contributed by atoms with van der Waals surface area (Å²) in [6.07, 6.45) is 0. The van der Waals surface area contributed by atoms with Crippen molar-refractivity contribution in [3.05, 3.63) is 41.8 Å². The van der Waals surface area contributed by atoms with Crippen LogP contribution in [-0.4, -0.2) is 11.8 Å². The zero-order chi connectivity index (χ0) is 12.3. The second-order valence-electron chi connectivity index (χ2n) is 3.38. The van der Waals surface area contributed by atoms with Gasteiger partial charge in [-0.1, -0.05) is 18.2 Å². The molecular formula is C12H10N2O2S. The number of hydrogen-bond donors (Lipinski definition) is 2. The third kappa shape index (κ3) is 2.70. The minimum absolute atomic E-state index is 0.555. The van der Waals surface area contributed by atoms with Gasteiger partial charge < -0.3 is 11.1 Å². The van der Waals surface area contributed by atoms with E-state index in [2.05, 4.69) is 5.32 Å². The molecule has 2 rings (SSSR count). The van der Waals surface area contributed by atoms with Crippen LogP contribution in [0.4, 0.5) is 5.69 Å². The molecule has 0 atom stereocenters. The number of benzene rings is 1. The van der Waals surface area contributed by atoms with Crippen LogP contribution in [0.3, 0.4) is 0 Å². The van der Waals surface area contributed by atoms with Crippen molar-refractivity contribution in [2.45, 2.75) is 0 Å². The Balaban J connectivity index is 2.23. The highest BCUT2D eigenvalue weighted by Crippen LogP contribution is 2.26. The number of nitrogens with two attached hydrogens (primary N) is 1. The van der Waals surface area contributed by atoms with E-state index < -0.39 is 11.8 Å². The monoisotopic (exact) mass is 246 g/mol. The van der Waals surface area contributed by atoms with Crippen LogP contribution in [0, 0.1) is 0 Å². The Bertz CT molecular complexity index is 549. The molecule has 0 unspecified atom stereocenters. The molecule has 0 aliphatic carbocycles. The van der Waals surface area contributed by atoms with Crippen molar-refractivity contribution in [3.8, 4) is 10.4 Å². The van der Waals surface area contributed by atoms with Crippen LogP contribution in [0.1, 0.15) is 0 Å². The molecule has 0 radical (unpaired) electrons. The van der Waals surface area contributed by atoms with Crippen LogP contribution < -0.4 is 11.1 Å². The first-order valence-corrected chi connectivity index (χ1v) is 5.79. The lowest BCUT2D eigenvalue weighted by atomic mass is 10.1. The van der Waals surface area contributed by atoms with Gasteiger partial charge in [0.25, 0.3) is 0 Å². The molecule has 4 nitrogen and oxygen atoms in total. The molecule has 0 saturated carbocycles. The molecule has 86 valence electrons. The third-order valence-corrected chi connectivity index (χ3v) is 3.07. The van der Waals surface area contributed by atoms with Crippen molar-refractivity contribution in [1.82, 2.24) is 0 Å². The molecule has 0 aliphatic rings. The normalized spacial score (nSPS) is 9.88. The van der Waals surface area contributed by atoms with E-state index in [1.54, 1.807) is 23.5 Å². The molecule has 2 aromatic rings. The summed E-state index contributed by atoms with van der Waals surface area (Å²) in [5, 5.41) is 4.41. The summed E-state index contributed by atoms with van der Waals surface area (Å²) >= 11 is 1.61. The zero-order valence-corrected chi connectivity index (χ0v) is 9.66. The van der Waals surface area contributed by atoms with Gasteiger partial charge in [0.15, 0.2) is 0 Å². The number of amides is 2. The zero-order valence-electron chi connectivity index (χ0n) is 8.84. The summed E-state index contributed by atoms with van der Waals surface area (Å²) < 4.78 is 0. The molecule has 1 heterocycles. The molecule has 0 spiro atoms. The molecule has 3 N–H and O–H groups in total. The lowest BCUT2D eigenvalue weighted by Gasteiger charge is -2.04. The fraction of sp³-hybridized carbons (Fsp3) is 0. The van der Waals surface area contributed by atoms with Crippen LogP contribution in [0.5, 0.6) is 0 Å². The Morgan fingerprint density at radius 2 is 2.00 bits per heavy atom. The van der Waals surface area contributed by atoms with E-state index in [1.807, 2.05) is 29.6 Å². The average Bonchev–Trinajstić information content (AvgIpc) is 2.82. The van der Waals surface area contributed by atoms with Gasteiger partial charge in [-0.15, -0.1) is 11.3 Å². The lowest BCUT2D eigenvalue weighted by Crippen LogP contribution is -2.29. The number of nitrogens with one attached hydrogen (secondary N) is 1. The highest BCUT2D eigenvalue weighted by Gasteiger charge is 2.09. The predicted molar refractivity (Wildman–Crippen MR) is 67.6 cm³/mol. The number of thiophene rings is 1. The average molecular weight is 246 g/mol. The summed E-state index contributed by atoms with van der Waals surface area (Å²) in [6, 6.07) is 11.2. The Hall–Kier alpha value is -2.14. The van der Waals surface area contributed by atoms with E-state index in [4.69, 9.17) is 5.73 Å². The summed E-state index contributed by atoms with van der Waals surface area (Å²) in [7, 11) is 0. The predicted octanol–water partition coefficient (Wildman–Crippen LogP) is 1.84. The summed E-state index contributed by atoms with van der Waals surface area (Å²) in [5.41, 5.74) is 6.41. The molecule has 1 aromatic heterocycles. The van der Waals surface area contributed by atoms with Crippen molar-refractivity contribution < 1.29 is 9.59 Å². The molecule has 0 fully saturated rings. The highest BCUT2D eigenvalue weighted by atomic mass is 32.1. The van der Waals surface area contributed by atoms with E-state index in [9.17, 15) is 9.59 Å². The number of hydrogen-bond acceptors (Lipinski definition) is 3. The van der Waals surface area contributed by atoms with Gasteiger partial charge in [-0.3, -0.25) is 9.59 Å². The maximum absolute atomic E-state index is 11.1. The molecule has 0 saturated heterocycles. The van der Waals surface area contributed by atoms with Gasteiger partial charge in [-0.2, -0.15) is 0 Å². The molecule has 5 heteroatoms. The SMILES string of the molecule is NC(=O)C(=O)Nc1cccc(-c2cccs2)c1. The number of carbonyl (C=O) groups excluding carboxylic acids is 2. The second-order valence-corrected chi connectivity index (χ2v) is 4.32. The highest BCUT2D eigenvalue weighted by molar-refractivity contribution is 7.13. The second kappa shape index (κ2) is 4.80. The van der Waals surface area contributed by atoms with Crippen molar-refractivity contribution in [2.24, 2.45) is 5.73 Å². The van der Waals surface area contributed by atoms with Crippen molar-refractivity contribution in [3.63, 3.8) is 0 Å². The largest absolute Gasteiger partial charge is 0.361 e. The lowest BCUT2D eigenvalue weighted by molar-refractivity contribution is -0.134. The smallest absolute Gasteiger partial charge is 0.313 e. The first-order chi connectivity index (χ1) is 8.16. The van der Waals surface area contributed by atoms with Gasteiger partial charge in [0.05, 0.1) is 0 Å². The standard InChI is InChI=1S/C12H10N2O2S/c13-11(15)12(16)14-9-4-1-3-8(7-9)10-5-2-6-17-10/h1-7H,(H2,13,15)(H,14,16). The van der Waals surface area contributed by atoms with Gasteiger partial charge in [0, 0.05) is 10.6 Å².